The van der Waals surface area contributed by atoms with E-state index in [9.17, 15) is 13.6 Å². The van der Waals surface area contributed by atoms with Crippen LogP contribution in [0.25, 0.3) is 21.8 Å². The van der Waals surface area contributed by atoms with Crippen molar-refractivity contribution in [2.45, 2.75) is 26.7 Å². The van der Waals surface area contributed by atoms with Crippen molar-refractivity contribution in [1.29, 1.82) is 0 Å². The summed E-state index contributed by atoms with van der Waals surface area (Å²) in [6.07, 6.45) is 1.16. The lowest BCUT2D eigenvalue weighted by Gasteiger charge is -2.09. The van der Waals surface area contributed by atoms with Gasteiger partial charge < -0.3 is 9.47 Å². The Balaban J connectivity index is 0.000000203. The number of fused-ring (bicyclic) bond motifs is 2. The minimum atomic E-state index is -0.537. The van der Waals surface area contributed by atoms with Crippen LogP contribution in [0, 0.1) is 11.6 Å². The molecule has 0 spiro atoms. The summed E-state index contributed by atoms with van der Waals surface area (Å²) in [5.41, 5.74) is 0.440. The van der Waals surface area contributed by atoms with Crippen LogP contribution < -0.4 is 4.74 Å². The molecule has 2 aromatic carbocycles. The number of aryl methyl sites for hydroxylation is 2. The van der Waals surface area contributed by atoms with Crippen LogP contribution in [-0.2, 0) is 22.4 Å². The van der Waals surface area contributed by atoms with Crippen molar-refractivity contribution in [2.75, 3.05) is 13.7 Å². The molecule has 0 saturated heterocycles. The minimum absolute atomic E-state index is 0.164. The third kappa shape index (κ3) is 6.59. The Hall–Kier alpha value is -2.50. The number of methoxy groups -OCH3 is 1. The predicted octanol–water partition coefficient (Wildman–Crippen LogP) is 6.39. The number of halogens is 5. The number of esters is 1. The highest BCUT2D eigenvalue weighted by atomic mass is 79.9. The van der Waals surface area contributed by atoms with E-state index in [1.165, 1.54) is 19.2 Å². The zero-order valence-corrected chi connectivity index (χ0v) is 22.8. The van der Waals surface area contributed by atoms with Gasteiger partial charge in [-0.25, -0.2) is 28.5 Å². The number of carbonyl (C=O) groups is 1. The molecule has 0 saturated carbocycles. The van der Waals surface area contributed by atoms with E-state index in [-0.39, 0.29) is 28.7 Å². The molecular formula is C23H19Br2ClF2N4O3. The van der Waals surface area contributed by atoms with Gasteiger partial charge in [0.05, 0.1) is 12.5 Å². The Morgan fingerprint density at radius 2 is 1.40 bits per heavy atom. The second-order valence-corrected chi connectivity index (χ2v) is 9.20. The van der Waals surface area contributed by atoms with E-state index < -0.39 is 17.6 Å². The summed E-state index contributed by atoms with van der Waals surface area (Å²) < 4.78 is 38.5. The van der Waals surface area contributed by atoms with Crippen LogP contribution >= 0.6 is 43.5 Å². The first-order chi connectivity index (χ1) is 16.7. The smallest absolute Gasteiger partial charge is 0.343 e. The lowest BCUT2D eigenvalue weighted by atomic mass is 10.2. The van der Waals surface area contributed by atoms with Crippen LogP contribution in [-0.4, -0.2) is 39.6 Å². The van der Waals surface area contributed by atoms with Crippen LogP contribution in [0.4, 0.5) is 8.78 Å². The Morgan fingerprint density at radius 1 is 0.886 bits per heavy atom. The maximum atomic E-state index is 13.9. The summed E-state index contributed by atoms with van der Waals surface area (Å²) in [6, 6.07) is 6.04. The summed E-state index contributed by atoms with van der Waals surface area (Å²) in [5, 5.41) is 1.22. The van der Waals surface area contributed by atoms with Gasteiger partial charge in [-0.1, -0.05) is 57.3 Å². The van der Waals surface area contributed by atoms with E-state index >= 15 is 0 Å². The second-order valence-electron chi connectivity index (χ2n) is 7.02. The molecule has 0 radical (unpaired) electrons. The van der Waals surface area contributed by atoms with E-state index in [0.29, 0.717) is 44.2 Å². The molecule has 12 heteroatoms. The van der Waals surface area contributed by atoms with Gasteiger partial charge in [0, 0.05) is 27.2 Å². The zero-order valence-electron chi connectivity index (χ0n) is 18.8. The number of benzene rings is 2. The Kier molecular flexibility index (Phi) is 9.26. The molecule has 7 nitrogen and oxygen atoms in total. The largest absolute Gasteiger partial charge is 0.466 e. The fourth-order valence-electron chi connectivity index (χ4n) is 2.95. The molecule has 0 aliphatic rings. The summed E-state index contributed by atoms with van der Waals surface area (Å²) in [4.78, 5) is 27.6. The molecule has 0 bridgehead atoms. The first-order valence-electron chi connectivity index (χ1n) is 10.3. The predicted molar refractivity (Wildman–Crippen MR) is 136 cm³/mol. The van der Waals surface area contributed by atoms with Crippen LogP contribution in [0.2, 0.25) is 5.15 Å². The van der Waals surface area contributed by atoms with Crippen molar-refractivity contribution >= 4 is 71.2 Å². The van der Waals surface area contributed by atoms with Gasteiger partial charge in [-0.2, -0.15) is 4.98 Å². The van der Waals surface area contributed by atoms with Crippen molar-refractivity contribution in [1.82, 2.24) is 19.9 Å². The molecule has 35 heavy (non-hydrogen) atoms. The van der Waals surface area contributed by atoms with Crippen LogP contribution in [0.3, 0.4) is 0 Å². The highest BCUT2D eigenvalue weighted by Gasteiger charge is 2.14. The van der Waals surface area contributed by atoms with Crippen LogP contribution in [0.15, 0.2) is 33.2 Å². The quantitative estimate of drug-likeness (QED) is 0.186. The van der Waals surface area contributed by atoms with Crippen molar-refractivity contribution in [3.05, 3.63) is 61.6 Å². The molecule has 184 valence electrons. The normalized spacial score (nSPS) is 10.7. The molecule has 0 amide bonds. The Morgan fingerprint density at radius 3 is 1.94 bits per heavy atom. The molecule has 0 unspecified atom stereocenters. The molecule has 0 aliphatic carbocycles. The van der Waals surface area contributed by atoms with Gasteiger partial charge in [-0.3, -0.25) is 0 Å². The van der Waals surface area contributed by atoms with E-state index in [1.807, 2.05) is 13.8 Å². The lowest BCUT2D eigenvalue weighted by molar-refractivity contribution is -0.142. The molecular weight excluding hydrogens is 614 g/mol. The van der Waals surface area contributed by atoms with E-state index in [4.69, 9.17) is 16.3 Å². The minimum Gasteiger partial charge on any atom is -0.466 e. The molecule has 2 heterocycles. The van der Waals surface area contributed by atoms with Gasteiger partial charge >= 0.3 is 5.97 Å². The standard InChI is InChI=1S/C13H12BrFN2O3.C10H7BrClFN2/c1-3-10-16-12-8(4-7(14)5-9(12)15)13(17-10)20-6-11(18)19-2;1-2-8-14-9-6(10(12)15-8)3-5(11)4-7(9)13/h4-5H,3,6H2,1-2H3;3-4H,2H2,1H3. The van der Waals surface area contributed by atoms with Gasteiger partial charge in [-0.15, -0.1) is 0 Å². The summed E-state index contributed by atoms with van der Waals surface area (Å²) in [6.45, 7) is 3.45. The second kappa shape index (κ2) is 12.0. The number of carbonyl (C=O) groups excluding carboxylic acids is 1. The van der Waals surface area contributed by atoms with Crippen LogP contribution in [0.5, 0.6) is 5.88 Å². The number of aromatic nitrogens is 4. The van der Waals surface area contributed by atoms with E-state index in [1.54, 1.807) is 12.1 Å². The third-order valence-electron chi connectivity index (χ3n) is 4.64. The highest BCUT2D eigenvalue weighted by Crippen LogP contribution is 2.29. The van der Waals surface area contributed by atoms with Gasteiger partial charge in [0.1, 0.15) is 27.8 Å². The van der Waals surface area contributed by atoms with Gasteiger partial charge in [0.15, 0.2) is 18.2 Å². The number of nitrogens with zero attached hydrogens (tertiary/aromatic N) is 4. The topological polar surface area (TPSA) is 87.1 Å². The zero-order chi connectivity index (χ0) is 25.7. The molecule has 4 aromatic rings. The molecule has 0 aliphatic heterocycles. The Bertz CT molecular complexity index is 1410. The summed E-state index contributed by atoms with van der Waals surface area (Å²) in [7, 11) is 1.26. The molecule has 0 fully saturated rings. The fraction of sp³-hybridized carbons (Fsp3) is 0.261. The average molecular weight is 633 g/mol. The number of ether oxygens (including phenoxy) is 2. The maximum Gasteiger partial charge on any atom is 0.343 e. The van der Waals surface area contributed by atoms with Crippen molar-refractivity contribution in [3.8, 4) is 5.88 Å². The molecule has 0 N–H and O–H groups in total. The van der Waals surface area contributed by atoms with Crippen molar-refractivity contribution in [3.63, 3.8) is 0 Å². The third-order valence-corrected chi connectivity index (χ3v) is 5.84. The van der Waals surface area contributed by atoms with E-state index in [2.05, 4.69) is 56.5 Å². The number of hydrogen-bond acceptors (Lipinski definition) is 7. The average Bonchev–Trinajstić information content (AvgIpc) is 2.83. The van der Waals surface area contributed by atoms with Crippen molar-refractivity contribution in [2.24, 2.45) is 0 Å². The highest BCUT2D eigenvalue weighted by molar-refractivity contribution is 9.10. The SMILES string of the molecule is CCc1nc(Cl)c2cc(Br)cc(F)c2n1.CCc1nc(OCC(=O)OC)c2cc(Br)cc(F)c2n1. The first kappa shape index (κ1) is 27.1. The molecule has 4 rings (SSSR count). The van der Waals surface area contributed by atoms with Gasteiger partial charge in [-0.05, 0) is 24.3 Å². The van der Waals surface area contributed by atoms with Gasteiger partial charge in [0.2, 0.25) is 5.88 Å². The lowest BCUT2D eigenvalue weighted by Crippen LogP contribution is -2.14. The first-order valence-corrected chi connectivity index (χ1v) is 12.3. The van der Waals surface area contributed by atoms with Crippen LogP contribution in [0.1, 0.15) is 25.5 Å². The number of hydrogen-bond donors (Lipinski definition) is 0. The maximum absolute atomic E-state index is 13.9. The van der Waals surface area contributed by atoms with Crippen molar-refractivity contribution < 1.29 is 23.0 Å². The molecule has 0 atom stereocenters. The van der Waals surface area contributed by atoms with E-state index in [0.717, 1.165) is 0 Å². The molecule has 2 aromatic heterocycles. The fourth-order valence-corrected chi connectivity index (χ4v) is 4.05. The monoisotopic (exact) mass is 630 g/mol. The summed E-state index contributed by atoms with van der Waals surface area (Å²) in [5.74, 6) is -0.247. The Labute approximate surface area is 221 Å². The number of rotatable bonds is 5. The van der Waals surface area contributed by atoms with Gasteiger partial charge in [0.25, 0.3) is 0 Å². The summed E-state index contributed by atoms with van der Waals surface area (Å²) >= 11 is 12.3.